The minimum atomic E-state index is -0.441. The van der Waals surface area contributed by atoms with Crippen LogP contribution in [-0.2, 0) is 32.0 Å². The molecular formula is C23H23N5O3S. The van der Waals surface area contributed by atoms with E-state index in [0.29, 0.717) is 29.4 Å². The van der Waals surface area contributed by atoms with Crippen LogP contribution in [0, 0.1) is 0 Å². The maximum atomic E-state index is 12.9. The van der Waals surface area contributed by atoms with E-state index in [1.54, 1.807) is 11.6 Å². The van der Waals surface area contributed by atoms with Crippen LogP contribution in [-0.4, -0.2) is 30.3 Å². The van der Waals surface area contributed by atoms with Gasteiger partial charge in [0, 0.05) is 20.6 Å². The van der Waals surface area contributed by atoms with Gasteiger partial charge in [0.1, 0.15) is 0 Å². The first-order chi connectivity index (χ1) is 15.5. The Hall–Kier alpha value is -3.59. The van der Waals surface area contributed by atoms with E-state index in [1.807, 2.05) is 60.7 Å². The summed E-state index contributed by atoms with van der Waals surface area (Å²) >= 11 is 1.24. The molecule has 164 valence electrons. The van der Waals surface area contributed by atoms with Gasteiger partial charge in [0.25, 0.3) is 5.56 Å². The first-order valence-corrected chi connectivity index (χ1v) is 11.1. The number of carbonyl (C=O) groups excluding carboxylic acids is 1. The summed E-state index contributed by atoms with van der Waals surface area (Å²) < 4.78 is 4.21. The van der Waals surface area contributed by atoms with E-state index < -0.39 is 11.2 Å². The lowest BCUT2D eigenvalue weighted by molar-refractivity contribution is -0.118. The van der Waals surface area contributed by atoms with E-state index in [-0.39, 0.29) is 11.7 Å². The summed E-state index contributed by atoms with van der Waals surface area (Å²) in [5.41, 5.74) is 1.79. The van der Waals surface area contributed by atoms with Gasteiger partial charge >= 0.3 is 5.69 Å². The van der Waals surface area contributed by atoms with Crippen LogP contribution in [0.4, 0.5) is 0 Å². The molecule has 32 heavy (non-hydrogen) atoms. The van der Waals surface area contributed by atoms with Gasteiger partial charge in [-0.1, -0.05) is 72.4 Å². The second-order valence-electron chi connectivity index (χ2n) is 7.40. The Kier molecular flexibility index (Phi) is 6.27. The Balaban J connectivity index is 1.64. The molecule has 1 N–H and O–H groups in total. The minimum Gasteiger partial charge on any atom is -0.351 e. The van der Waals surface area contributed by atoms with Gasteiger partial charge in [0.2, 0.25) is 5.91 Å². The van der Waals surface area contributed by atoms with Crippen molar-refractivity contribution in [3.63, 3.8) is 0 Å². The molecule has 0 aliphatic rings. The monoisotopic (exact) mass is 449 g/mol. The molecule has 4 rings (SSSR count). The summed E-state index contributed by atoms with van der Waals surface area (Å²) in [7, 11) is 3.04. The molecule has 0 unspecified atom stereocenters. The van der Waals surface area contributed by atoms with Crippen molar-refractivity contribution in [1.29, 1.82) is 0 Å². The first-order valence-electron chi connectivity index (χ1n) is 10.1. The lowest BCUT2D eigenvalue weighted by atomic mass is 10.2. The maximum absolute atomic E-state index is 12.9. The first kappa shape index (κ1) is 21.6. The van der Waals surface area contributed by atoms with Gasteiger partial charge in [0.15, 0.2) is 16.3 Å². The van der Waals surface area contributed by atoms with E-state index in [9.17, 15) is 14.4 Å². The van der Waals surface area contributed by atoms with Gasteiger partial charge in [-0.25, -0.2) is 9.78 Å². The minimum absolute atomic E-state index is 0.138. The summed E-state index contributed by atoms with van der Waals surface area (Å²) in [4.78, 5) is 42.3. The fourth-order valence-corrected chi connectivity index (χ4v) is 4.25. The van der Waals surface area contributed by atoms with Gasteiger partial charge < -0.3 is 9.88 Å². The SMILES string of the molecule is Cn1c(=O)c2c(nc(SCC(=O)NCc3ccccc3)n2Cc2ccccc2)n(C)c1=O. The zero-order valence-electron chi connectivity index (χ0n) is 17.8. The number of nitrogens with zero attached hydrogens (tertiary/aromatic N) is 4. The third-order valence-electron chi connectivity index (χ3n) is 5.16. The number of amides is 1. The standard InChI is InChI=1S/C23H23N5O3S/c1-26-20-19(21(30)27(2)23(26)31)28(14-17-11-7-4-8-12-17)22(25-20)32-15-18(29)24-13-16-9-5-3-6-10-16/h3-12H,13-15H2,1-2H3,(H,24,29). The zero-order valence-corrected chi connectivity index (χ0v) is 18.6. The normalized spacial score (nSPS) is 11.1. The molecule has 2 aromatic heterocycles. The summed E-state index contributed by atoms with van der Waals surface area (Å²) in [6.45, 7) is 0.842. The predicted octanol–water partition coefficient (Wildman–Crippen LogP) is 1.89. The number of aryl methyl sites for hydroxylation is 1. The van der Waals surface area contributed by atoms with Crippen LogP contribution in [0.5, 0.6) is 0 Å². The van der Waals surface area contributed by atoms with Crippen molar-refractivity contribution in [1.82, 2.24) is 24.0 Å². The number of rotatable bonds is 7. The topological polar surface area (TPSA) is 90.9 Å². The largest absolute Gasteiger partial charge is 0.351 e. The molecular weight excluding hydrogens is 426 g/mol. The number of fused-ring (bicyclic) bond motifs is 1. The lowest BCUT2D eigenvalue weighted by Gasteiger charge is -2.10. The van der Waals surface area contributed by atoms with Crippen LogP contribution in [0.2, 0.25) is 0 Å². The Morgan fingerprint density at radius 3 is 2.22 bits per heavy atom. The summed E-state index contributed by atoms with van der Waals surface area (Å²) in [6.07, 6.45) is 0. The Morgan fingerprint density at radius 1 is 0.938 bits per heavy atom. The number of aromatic nitrogens is 4. The molecule has 9 heteroatoms. The second-order valence-corrected chi connectivity index (χ2v) is 8.34. The van der Waals surface area contributed by atoms with E-state index in [1.165, 1.54) is 23.4 Å². The molecule has 2 heterocycles. The number of benzene rings is 2. The molecule has 0 saturated carbocycles. The van der Waals surface area contributed by atoms with E-state index in [2.05, 4.69) is 10.3 Å². The second kappa shape index (κ2) is 9.27. The molecule has 1 amide bonds. The lowest BCUT2D eigenvalue weighted by Crippen LogP contribution is -2.37. The molecule has 0 atom stereocenters. The fourth-order valence-electron chi connectivity index (χ4n) is 3.43. The van der Waals surface area contributed by atoms with Crippen molar-refractivity contribution in [3.05, 3.63) is 92.6 Å². The molecule has 0 spiro atoms. The highest BCUT2D eigenvalue weighted by Gasteiger charge is 2.20. The molecule has 0 aliphatic heterocycles. The Labute approximate surface area is 188 Å². The van der Waals surface area contributed by atoms with Crippen molar-refractivity contribution in [2.24, 2.45) is 14.1 Å². The van der Waals surface area contributed by atoms with E-state index in [4.69, 9.17) is 0 Å². The predicted molar refractivity (Wildman–Crippen MR) is 125 cm³/mol. The third-order valence-corrected chi connectivity index (χ3v) is 6.14. The number of hydrogen-bond donors (Lipinski definition) is 1. The average Bonchev–Trinajstić information content (AvgIpc) is 3.18. The molecule has 0 bridgehead atoms. The molecule has 0 fully saturated rings. The fraction of sp³-hybridized carbons (Fsp3) is 0.217. The summed E-state index contributed by atoms with van der Waals surface area (Å²) in [5.74, 6) is -0.00175. The van der Waals surface area contributed by atoms with Crippen LogP contribution >= 0.6 is 11.8 Å². The third kappa shape index (κ3) is 4.38. The van der Waals surface area contributed by atoms with E-state index in [0.717, 1.165) is 15.7 Å². The van der Waals surface area contributed by atoms with Crippen LogP contribution in [0.15, 0.2) is 75.4 Å². The van der Waals surface area contributed by atoms with Crippen molar-refractivity contribution in [2.75, 3.05) is 5.75 Å². The number of thioether (sulfide) groups is 1. The average molecular weight is 450 g/mol. The quantitative estimate of drug-likeness (QED) is 0.435. The van der Waals surface area contributed by atoms with Gasteiger partial charge in [-0.15, -0.1) is 0 Å². The van der Waals surface area contributed by atoms with Crippen molar-refractivity contribution < 1.29 is 4.79 Å². The van der Waals surface area contributed by atoms with E-state index >= 15 is 0 Å². The molecule has 4 aromatic rings. The van der Waals surface area contributed by atoms with Crippen LogP contribution in [0.1, 0.15) is 11.1 Å². The summed E-state index contributed by atoms with van der Waals surface area (Å²) in [5, 5.41) is 3.41. The molecule has 0 aliphatic carbocycles. The van der Waals surface area contributed by atoms with Crippen LogP contribution < -0.4 is 16.6 Å². The highest BCUT2D eigenvalue weighted by molar-refractivity contribution is 7.99. The van der Waals surface area contributed by atoms with Gasteiger partial charge in [-0.3, -0.25) is 18.7 Å². The Morgan fingerprint density at radius 2 is 1.56 bits per heavy atom. The van der Waals surface area contributed by atoms with Gasteiger partial charge in [-0.05, 0) is 11.1 Å². The number of hydrogen-bond acceptors (Lipinski definition) is 5. The Bertz CT molecular complexity index is 1370. The number of carbonyl (C=O) groups is 1. The molecule has 0 radical (unpaired) electrons. The van der Waals surface area contributed by atoms with Crippen LogP contribution in [0.3, 0.4) is 0 Å². The summed E-state index contributed by atoms with van der Waals surface area (Å²) in [6, 6.07) is 19.4. The zero-order chi connectivity index (χ0) is 22.7. The highest BCUT2D eigenvalue weighted by Crippen LogP contribution is 2.23. The maximum Gasteiger partial charge on any atom is 0.332 e. The molecule has 8 nitrogen and oxygen atoms in total. The van der Waals surface area contributed by atoms with Gasteiger partial charge in [-0.2, -0.15) is 0 Å². The number of imidazole rings is 1. The van der Waals surface area contributed by atoms with Crippen molar-refractivity contribution in [2.45, 2.75) is 18.2 Å². The van der Waals surface area contributed by atoms with Gasteiger partial charge in [0.05, 0.1) is 12.3 Å². The molecule has 2 aromatic carbocycles. The van der Waals surface area contributed by atoms with Crippen molar-refractivity contribution in [3.8, 4) is 0 Å². The smallest absolute Gasteiger partial charge is 0.332 e. The van der Waals surface area contributed by atoms with Crippen molar-refractivity contribution >= 4 is 28.8 Å². The highest BCUT2D eigenvalue weighted by atomic mass is 32.2. The van der Waals surface area contributed by atoms with Crippen LogP contribution in [0.25, 0.3) is 11.2 Å². The number of nitrogens with one attached hydrogen (secondary N) is 1. The molecule has 0 saturated heterocycles.